The summed E-state index contributed by atoms with van der Waals surface area (Å²) in [6.45, 7) is 0. The van der Waals surface area contributed by atoms with Gasteiger partial charge in [0.05, 0.1) is 12.0 Å². The molecule has 2 rings (SSSR count). The standard InChI is InChI=1S/C11H12F3N3O2/c12-11(13,14)10(19)7-3-1-2-4-8(7)16-17(10)9(18)5-6-15/h7,19H,1-5H2/t7-,10-/m0/s1. The van der Waals surface area contributed by atoms with Crippen LogP contribution in [-0.2, 0) is 4.79 Å². The molecule has 0 spiro atoms. The fraction of sp³-hybridized carbons (Fsp3) is 0.727. The summed E-state index contributed by atoms with van der Waals surface area (Å²) in [4.78, 5) is 11.6. The van der Waals surface area contributed by atoms with Gasteiger partial charge in [0.1, 0.15) is 6.42 Å². The van der Waals surface area contributed by atoms with Gasteiger partial charge in [-0.1, -0.05) is 6.42 Å². The fourth-order valence-corrected chi connectivity index (χ4v) is 2.61. The first-order valence-electron chi connectivity index (χ1n) is 5.89. The van der Waals surface area contributed by atoms with E-state index in [9.17, 15) is 23.1 Å². The molecular formula is C11H12F3N3O2. The molecule has 1 heterocycles. The first kappa shape index (κ1) is 13.8. The van der Waals surface area contributed by atoms with Crippen molar-refractivity contribution in [3.63, 3.8) is 0 Å². The zero-order valence-corrected chi connectivity index (χ0v) is 9.94. The van der Waals surface area contributed by atoms with Crippen molar-refractivity contribution in [3.05, 3.63) is 0 Å². The van der Waals surface area contributed by atoms with Gasteiger partial charge in [0.15, 0.2) is 0 Å². The highest BCUT2D eigenvalue weighted by Gasteiger charge is 2.68. The number of hydrazone groups is 1. The van der Waals surface area contributed by atoms with Crippen LogP contribution < -0.4 is 0 Å². The minimum absolute atomic E-state index is 0.0571. The maximum absolute atomic E-state index is 13.2. The maximum atomic E-state index is 13.2. The molecule has 1 fully saturated rings. The van der Waals surface area contributed by atoms with Crippen LogP contribution in [0.1, 0.15) is 32.1 Å². The van der Waals surface area contributed by atoms with Crippen LogP contribution in [-0.4, -0.2) is 33.6 Å². The number of alkyl halides is 3. The lowest BCUT2D eigenvalue weighted by Gasteiger charge is -2.37. The monoisotopic (exact) mass is 275 g/mol. The van der Waals surface area contributed by atoms with Gasteiger partial charge in [0, 0.05) is 5.71 Å². The molecule has 1 amide bonds. The summed E-state index contributed by atoms with van der Waals surface area (Å²) >= 11 is 0. The summed E-state index contributed by atoms with van der Waals surface area (Å²) in [5.41, 5.74) is -3.12. The van der Waals surface area contributed by atoms with E-state index in [1.807, 2.05) is 0 Å². The van der Waals surface area contributed by atoms with Crippen molar-refractivity contribution in [2.24, 2.45) is 11.0 Å². The van der Waals surface area contributed by atoms with Crippen molar-refractivity contribution in [1.82, 2.24) is 5.01 Å². The summed E-state index contributed by atoms with van der Waals surface area (Å²) in [6, 6.07) is 1.48. The van der Waals surface area contributed by atoms with E-state index in [1.54, 1.807) is 0 Å². The SMILES string of the molecule is N#CCC(=O)N1N=C2CCCC[C@@H]2[C@]1(O)C(F)(F)F. The van der Waals surface area contributed by atoms with Crippen molar-refractivity contribution >= 4 is 11.6 Å². The van der Waals surface area contributed by atoms with Gasteiger partial charge < -0.3 is 5.11 Å². The van der Waals surface area contributed by atoms with E-state index in [1.165, 1.54) is 6.07 Å². The lowest BCUT2D eigenvalue weighted by molar-refractivity contribution is -0.317. The molecular weight excluding hydrogens is 263 g/mol. The summed E-state index contributed by atoms with van der Waals surface area (Å²) in [5, 5.41) is 22.1. The third kappa shape index (κ3) is 1.98. The number of carbonyl (C=O) groups excluding carboxylic acids is 1. The van der Waals surface area contributed by atoms with Gasteiger partial charge in [-0.25, -0.2) is 0 Å². The van der Waals surface area contributed by atoms with E-state index in [0.29, 0.717) is 19.3 Å². The number of carbonyl (C=O) groups is 1. The van der Waals surface area contributed by atoms with E-state index >= 15 is 0 Å². The molecule has 2 atom stereocenters. The largest absolute Gasteiger partial charge is 0.439 e. The lowest BCUT2D eigenvalue weighted by atomic mass is 9.80. The lowest BCUT2D eigenvalue weighted by Crippen LogP contribution is -2.61. The first-order chi connectivity index (χ1) is 8.82. The van der Waals surface area contributed by atoms with Crippen LogP contribution in [0.25, 0.3) is 0 Å². The number of aliphatic hydroxyl groups is 1. The molecule has 0 aromatic carbocycles. The number of amides is 1. The van der Waals surface area contributed by atoms with E-state index in [4.69, 9.17) is 5.26 Å². The Hall–Kier alpha value is -1.62. The van der Waals surface area contributed by atoms with E-state index in [0.717, 1.165) is 0 Å². The zero-order chi connectivity index (χ0) is 14.3. The number of nitrogens with zero attached hydrogens (tertiary/aromatic N) is 3. The molecule has 1 aliphatic heterocycles. The third-order valence-corrected chi connectivity index (χ3v) is 3.50. The maximum Gasteiger partial charge on any atom is 0.439 e. The Morgan fingerprint density at radius 1 is 1.58 bits per heavy atom. The number of halogens is 3. The average molecular weight is 275 g/mol. The zero-order valence-electron chi connectivity index (χ0n) is 9.94. The second-order valence-electron chi connectivity index (χ2n) is 4.65. The number of hydrogen-bond acceptors (Lipinski definition) is 4. The van der Waals surface area contributed by atoms with Crippen LogP contribution in [0.4, 0.5) is 13.2 Å². The molecule has 0 aromatic heterocycles. The van der Waals surface area contributed by atoms with Crippen LogP contribution in [0.5, 0.6) is 0 Å². The van der Waals surface area contributed by atoms with Crippen molar-refractivity contribution in [1.29, 1.82) is 5.26 Å². The van der Waals surface area contributed by atoms with Gasteiger partial charge in [0.2, 0.25) is 0 Å². The Labute approximate surface area is 107 Å². The number of hydrogen-bond donors (Lipinski definition) is 1. The Morgan fingerprint density at radius 2 is 2.26 bits per heavy atom. The normalized spacial score (nSPS) is 30.6. The molecule has 19 heavy (non-hydrogen) atoms. The van der Waals surface area contributed by atoms with Crippen molar-refractivity contribution in [2.75, 3.05) is 0 Å². The van der Waals surface area contributed by atoms with Crippen LogP contribution >= 0.6 is 0 Å². The minimum Gasteiger partial charge on any atom is -0.362 e. The Kier molecular flexibility index (Phi) is 3.26. The van der Waals surface area contributed by atoms with E-state index < -0.39 is 30.1 Å². The second-order valence-corrected chi connectivity index (χ2v) is 4.65. The first-order valence-corrected chi connectivity index (χ1v) is 5.89. The Morgan fingerprint density at radius 3 is 2.84 bits per heavy atom. The number of nitriles is 1. The highest BCUT2D eigenvalue weighted by atomic mass is 19.4. The number of fused-ring (bicyclic) bond motifs is 1. The van der Waals surface area contributed by atoms with Gasteiger partial charge in [0.25, 0.3) is 11.6 Å². The molecule has 0 bridgehead atoms. The van der Waals surface area contributed by atoms with E-state index in [2.05, 4.69) is 5.10 Å². The van der Waals surface area contributed by atoms with Crippen LogP contribution in [0.3, 0.4) is 0 Å². The van der Waals surface area contributed by atoms with Crippen LogP contribution in [0.15, 0.2) is 5.10 Å². The molecule has 0 saturated heterocycles. The van der Waals surface area contributed by atoms with Gasteiger partial charge in [-0.15, -0.1) is 0 Å². The average Bonchev–Trinajstić information content (AvgIpc) is 2.65. The van der Waals surface area contributed by atoms with Gasteiger partial charge >= 0.3 is 6.18 Å². The van der Waals surface area contributed by atoms with Crippen LogP contribution in [0.2, 0.25) is 0 Å². The fourth-order valence-electron chi connectivity index (χ4n) is 2.61. The predicted molar refractivity (Wildman–Crippen MR) is 57.5 cm³/mol. The van der Waals surface area contributed by atoms with Crippen molar-refractivity contribution in [3.8, 4) is 6.07 Å². The third-order valence-electron chi connectivity index (χ3n) is 3.50. The second kappa shape index (κ2) is 4.49. The van der Waals surface area contributed by atoms with Crippen molar-refractivity contribution < 1.29 is 23.1 Å². The predicted octanol–water partition coefficient (Wildman–Crippen LogP) is 1.54. The molecule has 0 aromatic rings. The molecule has 0 unspecified atom stereocenters. The molecule has 104 valence electrons. The van der Waals surface area contributed by atoms with Crippen LogP contribution in [0, 0.1) is 17.2 Å². The number of rotatable bonds is 1. The van der Waals surface area contributed by atoms with E-state index in [-0.39, 0.29) is 17.1 Å². The molecule has 2 aliphatic rings. The highest BCUT2D eigenvalue weighted by molar-refractivity contribution is 5.93. The Balaban J connectivity index is 2.42. The van der Waals surface area contributed by atoms with Gasteiger partial charge in [-0.05, 0) is 19.3 Å². The Bertz CT molecular complexity index is 469. The molecule has 1 saturated carbocycles. The van der Waals surface area contributed by atoms with Gasteiger partial charge in [-0.3, -0.25) is 4.79 Å². The van der Waals surface area contributed by atoms with Crippen molar-refractivity contribution in [2.45, 2.75) is 44.0 Å². The molecule has 8 heteroatoms. The topological polar surface area (TPSA) is 76.7 Å². The highest BCUT2D eigenvalue weighted by Crippen LogP contribution is 2.48. The molecule has 5 nitrogen and oxygen atoms in total. The molecule has 0 radical (unpaired) electrons. The van der Waals surface area contributed by atoms with Gasteiger partial charge in [-0.2, -0.15) is 28.5 Å². The quantitative estimate of drug-likeness (QED) is 0.788. The summed E-state index contributed by atoms with van der Waals surface area (Å²) in [7, 11) is 0. The molecule has 1 aliphatic carbocycles. The summed E-state index contributed by atoms with van der Waals surface area (Å²) in [5.74, 6) is -2.35. The molecule has 1 N–H and O–H groups in total. The minimum atomic E-state index is -5.01. The summed E-state index contributed by atoms with van der Waals surface area (Å²) < 4.78 is 39.5. The smallest absolute Gasteiger partial charge is 0.362 e. The summed E-state index contributed by atoms with van der Waals surface area (Å²) in [6.07, 6.45) is -4.07.